The van der Waals surface area contributed by atoms with Gasteiger partial charge in [0.1, 0.15) is 0 Å². The van der Waals surface area contributed by atoms with Gasteiger partial charge in [-0.15, -0.1) is 11.3 Å². The van der Waals surface area contributed by atoms with Gasteiger partial charge in [-0.25, -0.2) is 4.98 Å². The first-order chi connectivity index (χ1) is 14.2. The highest BCUT2D eigenvalue weighted by molar-refractivity contribution is 7.15. The molecule has 1 aromatic heterocycles. The second-order valence-electron chi connectivity index (χ2n) is 7.48. The lowest BCUT2D eigenvalue weighted by Crippen LogP contribution is -2.44. The predicted octanol–water partition coefficient (Wildman–Crippen LogP) is 3.27. The van der Waals surface area contributed by atoms with E-state index in [1.165, 1.54) is 17.4 Å². The van der Waals surface area contributed by atoms with Crippen LogP contribution >= 0.6 is 11.3 Å². The lowest BCUT2D eigenvalue weighted by Gasteiger charge is -2.31. The molecule has 1 aromatic carbocycles. The highest BCUT2D eigenvalue weighted by Gasteiger charge is 2.28. The molecule has 3 rings (SSSR count). The molecule has 0 spiro atoms. The molecule has 160 valence electrons. The maximum Gasteiger partial charge on any atom is 0.274 e. The van der Waals surface area contributed by atoms with Crippen molar-refractivity contribution < 1.29 is 14.5 Å². The van der Waals surface area contributed by atoms with Gasteiger partial charge in [0, 0.05) is 17.5 Å². The first-order valence-electron chi connectivity index (χ1n) is 9.75. The Kier molecular flexibility index (Phi) is 6.78. The van der Waals surface area contributed by atoms with E-state index in [2.05, 4.69) is 15.6 Å². The quantitative estimate of drug-likeness (QED) is 0.535. The zero-order chi connectivity index (χ0) is 21.8. The summed E-state index contributed by atoms with van der Waals surface area (Å²) in [4.78, 5) is 43.1. The minimum atomic E-state index is -0.461. The number of anilines is 2. The van der Waals surface area contributed by atoms with Gasteiger partial charge in [-0.1, -0.05) is 6.07 Å². The Morgan fingerprint density at radius 3 is 2.73 bits per heavy atom. The molecule has 2 heterocycles. The number of piperidine rings is 1. The van der Waals surface area contributed by atoms with Crippen molar-refractivity contribution in [3.05, 3.63) is 44.4 Å². The molecule has 1 saturated heterocycles. The second kappa shape index (κ2) is 9.31. The number of aromatic nitrogens is 1. The number of amides is 2. The SMILES string of the molecule is Cc1nc(NC(=O)CN2CCCC(C(=O)Nc3cccc([N+](=O)[O-])c3C)C2)sc1C. The van der Waals surface area contributed by atoms with Crippen molar-refractivity contribution in [2.24, 2.45) is 5.92 Å². The minimum absolute atomic E-state index is 0.0256. The number of carbonyl (C=O) groups is 2. The Morgan fingerprint density at radius 2 is 2.07 bits per heavy atom. The molecule has 2 N–H and O–H groups in total. The number of carbonyl (C=O) groups excluding carboxylic acids is 2. The summed E-state index contributed by atoms with van der Waals surface area (Å²) in [7, 11) is 0. The van der Waals surface area contributed by atoms with Gasteiger partial charge in [0.15, 0.2) is 5.13 Å². The molecule has 1 aliphatic rings. The minimum Gasteiger partial charge on any atom is -0.325 e. The molecule has 9 nitrogen and oxygen atoms in total. The van der Waals surface area contributed by atoms with E-state index in [9.17, 15) is 19.7 Å². The summed E-state index contributed by atoms with van der Waals surface area (Å²) in [6.45, 7) is 6.87. The van der Waals surface area contributed by atoms with Crippen molar-refractivity contribution in [1.82, 2.24) is 9.88 Å². The van der Waals surface area contributed by atoms with Crippen LogP contribution in [0.15, 0.2) is 18.2 Å². The lowest BCUT2D eigenvalue weighted by molar-refractivity contribution is -0.385. The van der Waals surface area contributed by atoms with Crippen LogP contribution < -0.4 is 10.6 Å². The number of likely N-dealkylation sites (tertiary alicyclic amines) is 1. The molecule has 1 fully saturated rings. The van der Waals surface area contributed by atoms with Crippen molar-refractivity contribution >= 4 is 39.7 Å². The summed E-state index contributed by atoms with van der Waals surface area (Å²) in [6.07, 6.45) is 1.51. The number of thiazole rings is 1. The van der Waals surface area contributed by atoms with Crippen LogP contribution in [-0.4, -0.2) is 46.3 Å². The smallest absolute Gasteiger partial charge is 0.274 e. The summed E-state index contributed by atoms with van der Waals surface area (Å²) >= 11 is 1.44. The Balaban J connectivity index is 1.57. The summed E-state index contributed by atoms with van der Waals surface area (Å²) in [5.74, 6) is -0.622. The van der Waals surface area contributed by atoms with E-state index in [1.807, 2.05) is 18.7 Å². The second-order valence-corrected chi connectivity index (χ2v) is 8.68. The van der Waals surface area contributed by atoms with Crippen molar-refractivity contribution in [3.8, 4) is 0 Å². The number of nitro groups is 1. The zero-order valence-corrected chi connectivity index (χ0v) is 18.0. The lowest BCUT2D eigenvalue weighted by atomic mass is 9.96. The molecule has 10 heteroatoms. The molecule has 2 aromatic rings. The van der Waals surface area contributed by atoms with Crippen molar-refractivity contribution in [1.29, 1.82) is 0 Å². The number of rotatable bonds is 6. The van der Waals surface area contributed by atoms with Crippen LogP contribution in [0.1, 0.15) is 29.0 Å². The van der Waals surface area contributed by atoms with Gasteiger partial charge in [-0.05, 0) is 46.2 Å². The first-order valence-corrected chi connectivity index (χ1v) is 10.6. The fraction of sp³-hybridized carbons (Fsp3) is 0.450. The van der Waals surface area contributed by atoms with Crippen LogP contribution in [0.25, 0.3) is 0 Å². The number of hydrogen-bond donors (Lipinski definition) is 2. The van der Waals surface area contributed by atoms with Crippen LogP contribution in [0.4, 0.5) is 16.5 Å². The van der Waals surface area contributed by atoms with Gasteiger partial charge >= 0.3 is 0 Å². The number of nitrogens with zero attached hydrogens (tertiary/aromatic N) is 3. The van der Waals surface area contributed by atoms with Crippen LogP contribution in [0.5, 0.6) is 0 Å². The molecule has 1 unspecified atom stereocenters. The van der Waals surface area contributed by atoms with Crippen molar-refractivity contribution in [3.63, 3.8) is 0 Å². The van der Waals surface area contributed by atoms with E-state index in [-0.39, 0.29) is 30.0 Å². The Labute approximate surface area is 178 Å². The number of aryl methyl sites for hydroxylation is 2. The third kappa shape index (κ3) is 5.19. The van der Waals surface area contributed by atoms with Crippen molar-refractivity contribution in [2.75, 3.05) is 30.3 Å². The molecule has 1 aliphatic heterocycles. The standard InChI is InChI=1S/C20H25N5O4S/c1-12-16(7-4-8-17(12)25(28)29)22-19(27)15-6-5-9-24(10-15)11-18(26)23-20-21-13(2)14(3)30-20/h4,7-8,15H,5-6,9-11H2,1-3H3,(H,22,27)(H,21,23,26). The highest BCUT2D eigenvalue weighted by Crippen LogP contribution is 2.27. The Hall–Kier alpha value is -2.85. The molecule has 0 aliphatic carbocycles. The van der Waals surface area contributed by atoms with Gasteiger partial charge in [0.25, 0.3) is 5.69 Å². The molecule has 1 atom stereocenters. The van der Waals surface area contributed by atoms with E-state index >= 15 is 0 Å². The van der Waals surface area contributed by atoms with E-state index in [1.54, 1.807) is 19.1 Å². The fourth-order valence-electron chi connectivity index (χ4n) is 3.49. The van der Waals surface area contributed by atoms with Gasteiger partial charge in [-0.2, -0.15) is 0 Å². The molecule has 0 radical (unpaired) electrons. The monoisotopic (exact) mass is 431 g/mol. The fourth-order valence-corrected chi connectivity index (χ4v) is 4.32. The zero-order valence-electron chi connectivity index (χ0n) is 17.2. The van der Waals surface area contributed by atoms with E-state index in [0.717, 1.165) is 23.5 Å². The average molecular weight is 432 g/mol. The third-order valence-corrected chi connectivity index (χ3v) is 6.27. The first kappa shape index (κ1) is 21.8. The summed E-state index contributed by atoms with van der Waals surface area (Å²) in [5.41, 5.74) is 1.75. The molecule has 0 saturated carbocycles. The maximum atomic E-state index is 12.7. The molecular formula is C20H25N5O4S. The predicted molar refractivity (Wildman–Crippen MR) is 116 cm³/mol. The maximum absolute atomic E-state index is 12.7. The Bertz CT molecular complexity index is 955. The molecule has 2 amide bonds. The van der Waals surface area contributed by atoms with Crippen LogP contribution in [0.2, 0.25) is 0 Å². The summed E-state index contributed by atoms with van der Waals surface area (Å²) < 4.78 is 0. The number of benzene rings is 1. The van der Waals surface area contributed by atoms with Crippen LogP contribution in [0, 0.1) is 36.8 Å². The molecular weight excluding hydrogens is 406 g/mol. The summed E-state index contributed by atoms with van der Waals surface area (Å²) in [5, 5.41) is 17.3. The third-order valence-electron chi connectivity index (χ3n) is 5.28. The largest absolute Gasteiger partial charge is 0.325 e. The highest BCUT2D eigenvalue weighted by atomic mass is 32.1. The Morgan fingerprint density at radius 1 is 1.30 bits per heavy atom. The number of nitro benzene ring substituents is 1. The number of nitrogens with one attached hydrogen (secondary N) is 2. The molecule has 0 bridgehead atoms. The van der Waals surface area contributed by atoms with Gasteiger partial charge in [0.2, 0.25) is 11.8 Å². The topological polar surface area (TPSA) is 117 Å². The van der Waals surface area contributed by atoms with Gasteiger partial charge in [0.05, 0.1) is 34.3 Å². The van der Waals surface area contributed by atoms with Crippen LogP contribution in [0.3, 0.4) is 0 Å². The van der Waals surface area contributed by atoms with E-state index in [4.69, 9.17) is 0 Å². The van der Waals surface area contributed by atoms with Gasteiger partial charge in [-0.3, -0.25) is 24.6 Å². The van der Waals surface area contributed by atoms with E-state index in [0.29, 0.717) is 29.3 Å². The van der Waals surface area contributed by atoms with Crippen molar-refractivity contribution in [2.45, 2.75) is 33.6 Å². The van der Waals surface area contributed by atoms with E-state index < -0.39 is 4.92 Å². The average Bonchev–Trinajstić information content (AvgIpc) is 3.00. The van der Waals surface area contributed by atoms with Crippen LogP contribution in [-0.2, 0) is 9.59 Å². The normalized spacial score (nSPS) is 16.8. The molecule has 30 heavy (non-hydrogen) atoms. The summed E-state index contributed by atoms with van der Waals surface area (Å²) in [6, 6.07) is 4.63. The van der Waals surface area contributed by atoms with Gasteiger partial charge < -0.3 is 10.6 Å². The number of hydrogen-bond acceptors (Lipinski definition) is 7.